The number of rotatable bonds is 2. The summed E-state index contributed by atoms with van der Waals surface area (Å²) in [6, 6.07) is 4.98. The molecule has 1 N–H and O–H groups in total. The number of piperazine rings is 1. The van der Waals surface area contributed by atoms with E-state index in [1.807, 2.05) is 25.1 Å². The molecule has 1 aromatic carbocycles. The number of hydrogen-bond acceptors (Lipinski definition) is 5. The van der Waals surface area contributed by atoms with Gasteiger partial charge in [-0.2, -0.15) is 0 Å². The molecule has 0 saturated carbocycles. The predicted octanol–water partition coefficient (Wildman–Crippen LogP) is 0.641. The minimum absolute atomic E-state index is 0.0351. The van der Waals surface area contributed by atoms with Crippen LogP contribution in [0.4, 0.5) is 0 Å². The lowest BCUT2D eigenvalue weighted by Crippen LogP contribution is -2.59. The van der Waals surface area contributed by atoms with E-state index in [9.17, 15) is 14.4 Å². The molecule has 3 aliphatic rings. The van der Waals surface area contributed by atoms with E-state index in [-0.39, 0.29) is 24.3 Å². The number of nitrogens with zero attached hydrogens (tertiary/aromatic N) is 3. The Hall–Kier alpha value is -2.61. The molecule has 3 aliphatic heterocycles. The van der Waals surface area contributed by atoms with Crippen LogP contribution in [0.3, 0.4) is 0 Å². The van der Waals surface area contributed by atoms with Gasteiger partial charge in [-0.15, -0.1) is 0 Å². The van der Waals surface area contributed by atoms with Crippen molar-refractivity contribution in [2.75, 3.05) is 46.3 Å². The van der Waals surface area contributed by atoms with Gasteiger partial charge in [0, 0.05) is 39.0 Å². The highest BCUT2D eigenvalue weighted by atomic mass is 16.5. The van der Waals surface area contributed by atoms with Crippen LogP contribution in [0.15, 0.2) is 18.2 Å². The molecule has 8 nitrogen and oxygen atoms in total. The van der Waals surface area contributed by atoms with E-state index in [1.54, 1.807) is 16.7 Å². The molecule has 1 atom stereocenters. The zero-order chi connectivity index (χ0) is 21.5. The van der Waals surface area contributed by atoms with Crippen LogP contribution in [0.1, 0.15) is 35.7 Å². The van der Waals surface area contributed by atoms with Gasteiger partial charge in [-0.25, -0.2) is 0 Å². The number of amides is 3. The van der Waals surface area contributed by atoms with E-state index < -0.39 is 11.6 Å². The van der Waals surface area contributed by atoms with Gasteiger partial charge in [-0.3, -0.25) is 14.4 Å². The number of benzene rings is 1. The summed E-state index contributed by atoms with van der Waals surface area (Å²) in [6.07, 6.45) is 1.57. The smallest absolute Gasteiger partial charge is 0.258 e. The molecule has 4 rings (SSSR count). The largest absolute Gasteiger partial charge is 0.484 e. The molecule has 0 radical (unpaired) electrons. The summed E-state index contributed by atoms with van der Waals surface area (Å²) in [5.74, 6) is 0.0407. The van der Waals surface area contributed by atoms with Crippen LogP contribution in [0.25, 0.3) is 0 Å². The minimum Gasteiger partial charge on any atom is -0.484 e. The lowest BCUT2D eigenvalue weighted by Gasteiger charge is -2.43. The third-order valence-electron chi connectivity index (χ3n) is 6.48. The van der Waals surface area contributed by atoms with Crippen molar-refractivity contribution in [1.29, 1.82) is 0 Å². The van der Waals surface area contributed by atoms with E-state index in [2.05, 4.69) is 17.3 Å². The van der Waals surface area contributed by atoms with Gasteiger partial charge in [0.25, 0.3) is 5.91 Å². The van der Waals surface area contributed by atoms with Crippen LogP contribution in [0.2, 0.25) is 0 Å². The molecule has 30 heavy (non-hydrogen) atoms. The summed E-state index contributed by atoms with van der Waals surface area (Å²) in [4.78, 5) is 44.0. The predicted molar refractivity (Wildman–Crippen MR) is 111 cm³/mol. The maximum absolute atomic E-state index is 13.6. The number of hydrogen-bond donors (Lipinski definition) is 1. The number of carbonyl (C=O) groups excluding carboxylic acids is 3. The van der Waals surface area contributed by atoms with E-state index in [0.29, 0.717) is 30.9 Å². The number of ether oxygens (including phenoxy) is 1. The highest BCUT2D eigenvalue weighted by molar-refractivity contribution is 6.00. The Labute approximate surface area is 177 Å². The fourth-order valence-electron chi connectivity index (χ4n) is 4.53. The van der Waals surface area contributed by atoms with Crippen molar-refractivity contribution in [1.82, 2.24) is 20.0 Å². The van der Waals surface area contributed by atoms with Crippen LogP contribution >= 0.6 is 0 Å². The molecule has 1 spiro atoms. The summed E-state index contributed by atoms with van der Waals surface area (Å²) in [5, 5.41) is 2.74. The Bertz CT molecular complexity index is 863. The Morgan fingerprint density at radius 2 is 1.93 bits per heavy atom. The lowest BCUT2D eigenvalue weighted by atomic mass is 9.90. The van der Waals surface area contributed by atoms with Gasteiger partial charge in [-0.05, 0) is 33.0 Å². The zero-order valence-corrected chi connectivity index (χ0v) is 17.9. The summed E-state index contributed by atoms with van der Waals surface area (Å²) in [7, 11) is 2.08. The van der Waals surface area contributed by atoms with Gasteiger partial charge in [0.15, 0.2) is 0 Å². The zero-order valence-electron chi connectivity index (χ0n) is 17.9. The molecule has 8 heteroatoms. The molecular formula is C22H30N4O4. The second kappa shape index (κ2) is 7.91. The number of likely N-dealkylation sites (tertiary alicyclic amines) is 1. The van der Waals surface area contributed by atoms with Gasteiger partial charge in [0.2, 0.25) is 11.8 Å². The summed E-state index contributed by atoms with van der Waals surface area (Å²) >= 11 is 0. The van der Waals surface area contributed by atoms with E-state index in [1.165, 1.54) is 0 Å². The standard InChI is InChI=1S/C22H30N4O4/c1-15-4-5-18-17(12-15)21(29)26(14-22(30-18)6-9-24(3)10-7-22)16(2)20(28)25-11-8-23-19(27)13-25/h4-5,12,16H,6-11,13-14H2,1-3H3,(H,23,27). The monoisotopic (exact) mass is 414 g/mol. The van der Waals surface area contributed by atoms with Gasteiger partial charge in [0.1, 0.15) is 17.4 Å². The van der Waals surface area contributed by atoms with Crippen molar-refractivity contribution in [3.63, 3.8) is 0 Å². The first-order chi connectivity index (χ1) is 14.3. The molecule has 162 valence electrons. The molecule has 2 saturated heterocycles. The second-order valence-electron chi connectivity index (χ2n) is 8.81. The number of aryl methyl sites for hydroxylation is 1. The average Bonchev–Trinajstić information content (AvgIpc) is 2.85. The molecule has 1 unspecified atom stereocenters. The lowest BCUT2D eigenvalue weighted by molar-refractivity contribution is -0.142. The van der Waals surface area contributed by atoms with Crippen LogP contribution < -0.4 is 10.1 Å². The van der Waals surface area contributed by atoms with E-state index in [0.717, 1.165) is 31.5 Å². The van der Waals surface area contributed by atoms with E-state index in [4.69, 9.17) is 4.74 Å². The van der Waals surface area contributed by atoms with Gasteiger partial charge in [-0.1, -0.05) is 11.6 Å². The van der Waals surface area contributed by atoms with Crippen LogP contribution in [0.5, 0.6) is 5.75 Å². The third kappa shape index (κ3) is 3.88. The Morgan fingerprint density at radius 1 is 1.20 bits per heavy atom. The van der Waals surface area contributed by atoms with Crippen LogP contribution in [0, 0.1) is 6.92 Å². The maximum atomic E-state index is 13.6. The molecule has 0 bridgehead atoms. The topological polar surface area (TPSA) is 82.2 Å². The van der Waals surface area contributed by atoms with Crippen molar-refractivity contribution >= 4 is 17.7 Å². The van der Waals surface area contributed by atoms with Gasteiger partial charge < -0.3 is 24.8 Å². The molecular weight excluding hydrogens is 384 g/mol. The Morgan fingerprint density at radius 3 is 2.63 bits per heavy atom. The third-order valence-corrected chi connectivity index (χ3v) is 6.48. The number of piperidine rings is 1. The van der Waals surface area contributed by atoms with Crippen molar-refractivity contribution in [3.05, 3.63) is 29.3 Å². The minimum atomic E-state index is -0.671. The number of nitrogens with one attached hydrogen (secondary N) is 1. The number of fused-ring (bicyclic) bond motifs is 1. The highest BCUT2D eigenvalue weighted by Crippen LogP contribution is 2.36. The average molecular weight is 415 g/mol. The molecule has 0 aliphatic carbocycles. The van der Waals surface area contributed by atoms with Gasteiger partial charge >= 0.3 is 0 Å². The molecule has 0 aromatic heterocycles. The molecule has 3 heterocycles. The quantitative estimate of drug-likeness (QED) is 0.768. The fraction of sp³-hybridized carbons (Fsp3) is 0.591. The SMILES string of the molecule is Cc1ccc2c(c1)C(=O)N(C(C)C(=O)N1CCNC(=O)C1)CC1(CCN(C)CC1)O2. The molecule has 2 fully saturated rings. The maximum Gasteiger partial charge on any atom is 0.258 e. The fourth-order valence-corrected chi connectivity index (χ4v) is 4.53. The second-order valence-corrected chi connectivity index (χ2v) is 8.81. The van der Waals surface area contributed by atoms with E-state index >= 15 is 0 Å². The summed E-state index contributed by atoms with van der Waals surface area (Å²) < 4.78 is 6.50. The normalized spacial score (nSPS) is 22.8. The van der Waals surface area contributed by atoms with Crippen molar-refractivity contribution in [2.45, 2.75) is 38.3 Å². The highest BCUT2D eigenvalue weighted by Gasteiger charge is 2.45. The first-order valence-corrected chi connectivity index (χ1v) is 10.6. The molecule has 3 amide bonds. The summed E-state index contributed by atoms with van der Waals surface area (Å²) in [6.45, 7) is 6.74. The van der Waals surface area contributed by atoms with Crippen LogP contribution in [-0.2, 0) is 9.59 Å². The first kappa shape index (κ1) is 20.7. The number of carbonyl (C=O) groups is 3. The van der Waals surface area contributed by atoms with Crippen molar-refractivity contribution in [3.8, 4) is 5.75 Å². The van der Waals surface area contributed by atoms with Crippen molar-refractivity contribution in [2.24, 2.45) is 0 Å². The van der Waals surface area contributed by atoms with Gasteiger partial charge in [0.05, 0.1) is 18.7 Å². The summed E-state index contributed by atoms with van der Waals surface area (Å²) in [5.41, 5.74) is 0.953. The first-order valence-electron chi connectivity index (χ1n) is 10.6. The molecule has 1 aromatic rings. The Balaban J connectivity index is 1.67. The van der Waals surface area contributed by atoms with Crippen molar-refractivity contribution < 1.29 is 19.1 Å². The van der Waals surface area contributed by atoms with Crippen LogP contribution in [-0.4, -0.2) is 90.4 Å². The Kier molecular flexibility index (Phi) is 5.44.